The SMILES string of the molecule is CCCOc1ccc(C(O)=C2C(=O)C(=O)N(c3nc(C)c(C(=O)OC)s3)C2c2ccc(F)cc2)cc1C. The molecule has 1 unspecified atom stereocenters. The van der Waals surface area contributed by atoms with E-state index in [0.29, 0.717) is 29.2 Å². The van der Waals surface area contributed by atoms with Gasteiger partial charge >= 0.3 is 11.9 Å². The minimum absolute atomic E-state index is 0.0767. The third-order valence-electron chi connectivity index (χ3n) is 5.90. The number of aromatic nitrogens is 1. The lowest BCUT2D eigenvalue weighted by atomic mass is 9.95. The summed E-state index contributed by atoms with van der Waals surface area (Å²) in [5.74, 6) is -2.73. The summed E-state index contributed by atoms with van der Waals surface area (Å²) >= 11 is 0.891. The first-order valence-electron chi connectivity index (χ1n) is 11.5. The van der Waals surface area contributed by atoms with Crippen molar-refractivity contribution in [2.24, 2.45) is 0 Å². The van der Waals surface area contributed by atoms with Crippen LogP contribution in [0, 0.1) is 19.7 Å². The van der Waals surface area contributed by atoms with Crippen molar-refractivity contribution in [1.29, 1.82) is 0 Å². The molecule has 8 nitrogen and oxygen atoms in total. The van der Waals surface area contributed by atoms with Crippen LogP contribution in [-0.4, -0.2) is 41.5 Å². The number of methoxy groups -OCH3 is 1. The molecule has 192 valence electrons. The second-order valence-electron chi connectivity index (χ2n) is 8.45. The molecule has 1 aliphatic rings. The number of hydrogen-bond donors (Lipinski definition) is 1. The molecular weight excluding hydrogens is 499 g/mol. The van der Waals surface area contributed by atoms with Crippen molar-refractivity contribution < 1.29 is 33.4 Å². The maximum atomic E-state index is 13.7. The fourth-order valence-electron chi connectivity index (χ4n) is 4.08. The van der Waals surface area contributed by atoms with E-state index in [4.69, 9.17) is 9.47 Å². The number of thiazole rings is 1. The number of nitrogens with zero attached hydrogens (tertiary/aromatic N) is 2. The zero-order chi connectivity index (χ0) is 26.9. The van der Waals surface area contributed by atoms with Crippen LogP contribution >= 0.6 is 11.3 Å². The van der Waals surface area contributed by atoms with Gasteiger partial charge in [-0.15, -0.1) is 0 Å². The highest BCUT2D eigenvalue weighted by atomic mass is 32.1. The number of amides is 1. The van der Waals surface area contributed by atoms with Gasteiger partial charge in [0.25, 0.3) is 5.78 Å². The second kappa shape index (κ2) is 10.5. The van der Waals surface area contributed by atoms with Gasteiger partial charge < -0.3 is 14.6 Å². The highest BCUT2D eigenvalue weighted by Crippen LogP contribution is 2.44. The van der Waals surface area contributed by atoms with Gasteiger partial charge in [-0.25, -0.2) is 14.2 Å². The Hall–Kier alpha value is -4.05. The van der Waals surface area contributed by atoms with Crippen LogP contribution in [-0.2, 0) is 14.3 Å². The van der Waals surface area contributed by atoms with E-state index in [1.54, 1.807) is 25.1 Å². The number of benzene rings is 2. The molecule has 37 heavy (non-hydrogen) atoms. The Morgan fingerprint density at radius 2 is 1.86 bits per heavy atom. The number of Topliss-reactive ketones (excluding diaryl/α,β-unsaturated/α-hetero) is 1. The maximum Gasteiger partial charge on any atom is 0.350 e. The van der Waals surface area contributed by atoms with Gasteiger partial charge in [0.2, 0.25) is 0 Å². The van der Waals surface area contributed by atoms with E-state index in [1.807, 2.05) is 13.8 Å². The number of carbonyl (C=O) groups is 3. The molecular formula is C27H25FN2O6S. The summed E-state index contributed by atoms with van der Waals surface area (Å²) < 4.78 is 24.2. The Morgan fingerprint density at radius 3 is 2.49 bits per heavy atom. The van der Waals surface area contributed by atoms with Crippen LogP contribution in [0.2, 0.25) is 0 Å². The number of ether oxygens (including phenoxy) is 2. The Balaban J connectivity index is 1.88. The van der Waals surface area contributed by atoms with Crippen LogP contribution in [0.1, 0.15) is 51.4 Å². The number of anilines is 1. The van der Waals surface area contributed by atoms with Gasteiger partial charge in [-0.1, -0.05) is 30.4 Å². The molecule has 1 atom stereocenters. The van der Waals surface area contributed by atoms with Crippen LogP contribution in [0.4, 0.5) is 9.52 Å². The summed E-state index contributed by atoms with van der Waals surface area (Å²) in [6.45, 7) is 5.91. The van der Waals surface area contributed by atoms with E-state index in [9.17, 15) is 23.9 Å². The van der Waals surface area contributed by atoms with Crippen molar-refractivity contribution in [3.63, 3.8) is 0 Å². The smallest absolute Gasteiger partial charge is 0.350 e. The normalized spacial score (nSPS) is 16.8. The molecule has 0 spiro atoms. The summed E-state index contributed by atoms with van der Waals surface area (Å²) in [6.07, 6.45) is 0.830. The van der Waals surface area contributed by atoms with Gasteiger partial charge in [0.05, 0.1) is 31.0 Å². The number of carbonyl (C=O) groups excluding carboxylic acids is 3. The predicted octanol–water partition coefficient (Wildman–Crippen LogP) is 5.10. The van der Waals surface area contributed by atoms with Crippen molar-refractivity contribution in [1.82, 2.24) is 4.98 Å². The minimum atomic E-state index is -1.10. The van der Waals surface area contributed by atoms with Crippen LogP contribution in [0.15, 0.2) is 48.0 Å². The van der Waals surface area contributed by atoms with Crippen LogP contribution in [0.5, 0.6) is 5.75 Å². The Labute approximate surface area is 217 Å². The fourth-order valence-corrected chi connectivity index (χ4v) is 5.10. The predicted molar refractivity (Wildman–Crippen MR) is 136 cm³/mol. The molecule has 1 fully saturated rings. The maximum absolute atomic E-state index is 13.7. The fraction of sp³-hybridized carbons (Fsp3) is 0.259. The average Bonchev–Trinajstić information content (AvgIpc) is 3.39. The number of aryl methyl sites for hydroxylation is 2. The molecule has 2 aromatic carbocycles. The van der Waals surface area contributed by atoms with Gasteiger partial charge in [0.1, 0.15) is 22.2 Å². The van der Waals surface area contributed by atoms with E-state index in [2.05, 4.69) is 4.98 Å². The molecule has 1 saturated heterocycles. The van der Waals surface area contributed by atoms with Gasteiger partial charge in [0, 0.05) is 5.56 Å². The van der Waals surface area contributed by atoms with E-state index >= 15 is 0 Å². The van der Waals surface area contributed by atoms with Gasteiger partial charge in [-0.2, -0.15) is 0 Å². The molecule has 0 aliphatic carbocycles. The standard InChI is InChI=1S/C27H25FN2O6S/c1-5-12-36-19-11-8-17(13-14(19)2)22(31)20-21(16-6-9-18(28)10-7-16)30(25(33)23(20)32)27-29-15(3)24(37-27)26(34)35-4/h6-11,13,21,31H,5,12H2,1-4H3. The molecule has 1 amide bonds. The van der Waals surface area contributed by atoms with Crippen molar-refractivity contribution >= 4 is 39.9 Å². The minimum Gasteiger partial charge on any atom is -0.507 e. The van der Waals surface area contributed by atoms with Gasteiger partial charge in [-0.3, -0.25) is 14.5 Å². The Morgan fingerprint density at radius 1 is 1.16 bits per heavy atom. The van der Waals surface area contributed by atoms with Crippen LogP contribution < -0.4 is 9.64 Å². The summed E-state index contributed by atoms with van der Waals surface area (Å²) in [5, 5.41) is 11.4. The number of ketones is 1. The highest BCUT2D eigenvalue weighted by Gasteiger charge is 2.48. The van der Waals surface area contributed by atoms with Crippen molar-refractivity contribution in [3.8, 4) is 5.75 Å². The Kier molecular flexibility index (Phi) is 7.40. The number of halogens is 1. The molecule has 0 bridgehead atoms. The molecule has 0 saturated carbocycles. The lowest BCUT2D eigenvalue weighted by molar-refractivity contribution is -0.132. The first kappa shape index (κ1) is 26.0. The zero-order valence-electron chi connectivity index (χ0n) is 20.7. The van der Waals surface area contributed by atoms with Crippen molar-refractivity contribution in [2.75, 3.05) is 18.6 Å². The van der Waals surface area contributed by atoms with Gasteiger partial charge in [0.15, 0.2) is 5.13 Å². The number of aliphatic hydroxyl groups excluding tert-OH is 1. The molecule has 4 rings (SSSR count). The molecule has 1 aliphatic heterocycles. The third kappa shape index (κ3) is 4.84. The number of hydrogen-bond acceptors (Lipinski definition) is 8. The summed E-state index contributed by atoms with van der Waals surface area (Å²) in [7, 11) is 1.23. The lowest BCUT2D eigenvalue weighted by Crippen LogP contribution is -2.29. The number of aliphatic hydroxyl groups is 1. The molecule has 1 N–H and O–H groups in total. The lowest BCUT2D eigenvalue weighted by Gasteiger charge is -2.23. The summed E-state index contributed by atoms with van der Waals surface area (Å²) in [6, 6.07) is 9.12. The first-order valence-corrected chi connectivity index (χ1v) is 12.4. The quantitative estimate of drug-likeness (QED) is 0.198. The average molecular weight is 525 g/mol. The first-order chi connectivity index (χ1) is 17.7. The molecule has 1 aromatic heterocycles. The molecule has 0 radical (unpaired) electrons. The van der Waals surface area contributed by atoms with Crippen molar-refractivity contribution in [2.45, 2.75) is 33.2 Å². The van der Waals surface area contributed by atoms with E-state index in [-0.39, 0.29) is 21.3 Å². The van der Waals surface area contributed by atoms with Gasteiger partial charge in [-0.05, 0) is 61.7 Å². The molecule has 2 heterocycles. The molecule has 10 heteroatoms. The second-order valence-corrected chi connectivity index (χ2v) is 9.43. The van der Waals surface area contributed by atoms with E-state index in [1.165, 1.54) is 31.4 Å². The van der Waals surface area contributed by atoms with E-state index < -0.39 is 29.5 Å². The van der Waals surface area contributed by atoms with Crippen LogP contribution in [0.25, 0.3) is 5.76 Å². The highest BCUT2D eigenvalue weighted by molar-refractivity contribution is 7.17. The molecule has 3 aromatic rings. The summed E-state index contributed by atoms with van der Waals surface area (Å²) in [5.41, 5.74) is 1.59. The summed E-state index contributed by atoms with van der Waals surface area (Å²) in [4.78, 5) is 44.4. The number of esters is 1. The topological polar surface area (TPSA) is 106 Å². The monoisotopic (exact) mass is 524 g/mol. The zero-order valence-corrected chi connectivity index (χ0v) is 21.5. The third-order valence-corrected chi connectivity index (χ3v) is 7.04. The number of rotatable bonds is 7. The largest absolute Gasteiger partial charge is 0.507 e. The van der Waals surface area contributed by atoms with Crippen LogP contribution in [0.3, 0.4) is 0 Å². The van der Waals surface area contributed by atoms with Crippen molar-refractivity contribution in [3.05, 3.63) is 81.1 Å². The Bertz CT molecular complexity index is 1410. The van der Waals surface area contributed by atoms with E-state index in [0.717, 1.165) is 28.2 Å².